The highest BCUT2D eigenvalue weighted by molar-refractivity contribution is 5.80. The largest absolute Gasteiger partial charge is 0.459 e. The van der Waals surface area contributed by atoms with Crippen LogP contribution in [0.1, 0.15) is 38.0 Å². The minimum absolute atomic E-state index is 0.0583. The molecule has 3 rings (SSSR count). The molecule has 25 heavy (non-hydrogen) atoms. The molecule has 1 N–H and O–H groups in total. The summed E-state index contributed by atoms with van der Waals surface area (Å²) in [6.45, 7) is 3.10. The molecule has 1 aliphatic carbocycles. The van der Waals surface area contributed by atoms with Crippen LogP contribution in [0.5, 0.6) is 0 Å². The Morgan fingerprint density at radius 3 is 2.76 bits per heavy atom. The third kappa shape index (κ3) is 4.05. The second-order valence-electron chi connectivity index (χ2n) is 7.32. The first-order valence-corrected chi connectivity index (χ1v) is 9.06. The number of benzene rings is 1. The monoisotopic (exact) mass is 344 g/mol. The second kappa shape index (κ2) is 7.58. The van der Waals surface area contributed by atoms with E-state index in [2.05, 4.69) is 0 Å². The SMILES string of the molecule is CC(c1cc2ccccc2o1)N(C)C(=O)CN(C)CC1CCCC1O. The summed E-state index contributed by atoms with van der Waals surface area (Å²) in [5, 5.41) is 11.0. The van der Waals surface area contributed by atoms with Gasteiger partial charge in [0.25, 0.3) is 0 Å². The molecule has 1 amide bonds. The standard InChI is InChI=1S/C20H28N2O3/c1-14(19-11-15-7-4-5-10-18(15)25-19)22(3)20(24)13-21(2)12-16-8-6-9-17(16)23/h4-5,7,10-11,14,16-17,23H,6,8-9,12-13H2,1-3H3. The maximum Gasteiger partial charge on any atom is 0.237 e. The third-order valence-corrected chi connectivity index (χ3v) is 5.40. The van der Waals surface area contributed by atoms with Crippen molar-refractivity contribution in [2.75, 3.05) is 27.2 Å². The highest BCUT2D eigenvalue weighted by Crippen LogP contribution is 2.28. The number of fused-ring (bicyclic) bond motifs is 1. The normalized spacial score (nSPS) is 21.8. The molecule has 1 fully saturated rings. The Bertz CT molecular complexity index is 694. The Kier molecular flexibility index (Phi) is 5.45. The Morgan fingerprint density at radius 1 is 1.32 bits per heavy atom. The van der Waals surface area contributed by atoms with Crippen molar-refractivity contribution in [1.82, 2.24) is 9.80 Å². The molecule has 1 aromatic carbocycles. The minimum Gasteiger partial charge on any atom is -0.459 e. The molecule has 1 aromatic heterocycles. The van der Waals surface area contributed by atoms with Gasteiger partial charge in [0.05, 0.1) is 18.7 Å². The van der Waals surface area contributed by atoms with Crippen LogP contribution in [0, 0.1) is 5.92 Å². The lowest BCUT2D eigenvalue weighted by molar-refractivity contribution is -0.133. The van der Waals surface area contributed by atoms with Gasteiger partial charge >= 0.3 is 0 Å². The summed E-state index contributed by atoms with van der Waals surface area (Å²) < 4.78 is 5.89. The van der Waals surface area contributed by atoms with Crippen LogP contribution in [-0.2, 0) is 4.79 Å². The van der Waals surface area contributed by atoms with Gasteiger partial charge < -0.3 is 14.4 Å². The number of hydrogen-bond acceptors (Lipinski definition) is 4. The molecule has 2 aromatic rings. The molecule has 1 aliphatic rings. The van der Waals surface area contributed by atoms with Gasteiger partial charge in [-0.05, 0) is 44.9 Å². The zero-order chi connectivity index (χ0) is 18.0. The van der Waals surface area contributed by atoms with Gasteiger partial charge in [-0.25, -0.2) is 0 Å². The average Bonchev–Trinajstić information content (AvgIpc) is 3.19. The van der Waals surface area contributed by atoms with Crippen LogP contribution in [0.4, 0.5) is 0 Å². The molecule has 0 bridgehead atoms. The van der Waals surface area contributed by atoms with Gasteiger partial charge in [0.1, 0.15) is 11.3 Å². The van der Waals surface area contributed by atoms with Crippen molar-refractivity contribution in [3.8, 4) is 0 Å². The number of hydrogen-bond donors (Lipinski definition) is 1. The fraction of sp³-hybridized carbons (Fsp3) is 0.550. The van der Waals surface area contributed by atoms with Crippen LogP contribution in [0.15, 0.2) is 34.7 Å². The first-order valence-electron chi connectivity index (χ1n) is 9.06. The lowest BCUT2D eigenvalue weighted by atomic mass is 10.1. The zero-order valence-electron chi connectivity index (χ0n) is 15.3. The van der Waals surface area contributed by atoms with Crippen molar-refractivity contribution in [2.24, 2.45) is 5.92 Å². The molecule has 1 saturated carbocycles. The predicted octanol–water partition coefficient (Wildman–Crippen LogP) is 3.05. The molecule has 0 aliphatic heterocycles. The van der Waals surface area contributed by atoms with Crippen LogP contribution < -0.4 is 0 Å². The van der Waals surface area contributed by atoms with Gasteiger partial charge in [-0.15, -0.1) is 0 Å². The second-order valence-corrected chi connectivity index (χ2v) is 7.32. The topological polar surface area (TPSA) is 56.9 Å². The number of carbonyl (C=O) groups excluding carboxylic acids is 1. The molecule has 0 radical (unpaired) electrons. The van der Waals surface area contributed by atoms with Crippen LogP contribution >= 0.6 is 0 Å². The number of para-hydroxylation sites is 1. The van der Waals surface area contributed by atoms with Crippen molar-refractivity contribution in [3.05, 3.63) is 36.1 Å². The highest BCUT2D eigenvalue weighted by Gasteiger charge is 2.27. The summed E-state index contributed by atoms with van der Waals surface area (Å²) in [7, 11) is 3.76. The summed E-state index contributed by atoms with van der Waals surface area (Å²) in [5.74, 6) is 1.14. The fourth-order valence-corrected chi connectivity index (χ4v) is 3.65. The number of nitrogens with zero attached hydrogens (tertiary/aromatic N) is 2. The summed E-state index contributed by atoms with van der Waals surface area (Å²) >= 11 is 0. The van der Waals surface area contributed by atoms with E-state index in [0.717, 1.165) is 42.5 Å². The van der Waals surface area contributed by atoms with Gasteiger partial charge in [0, 0.05) is 19.0 Å². The van der Waals surface area contributed by atoms with E-state index in [1.165, 1.54) is 0 Å². The van der Waals surface area contributed by atoms with Crippen LogP contribution in [0.25, 0.3) is 11.0 Å². The molecular formula is C20H28N2O3. The van der Waals surface area contributed by atoms with Gasteiger partial charge in [0.15, 0.2) is 0 Å². The number of aliphatic hydroxyl groups excluding tert-OH is 1. The number of rotatable bonds is 6. The number of carbonyl (C=O) groups is 1. The van der Waals surface area contributed by atoms with E-state index in [-0.39, 0.29) is 24.0 Å². The predicted molar refractivity (Wildman–Crippen MR) is 98.2 cm³/mol. The van der Waals surface area contributed by atoms with Gasteiger partial charge in [-0.3, -0.25) is 9.69 Å². The van der Waals surface area contributed by atoms with Crippen LogP contribution in [-0.4, -0.2) is 54.1 Å². The molecule has 5 nitrogen and oxygen atoms in total. The minimum atomic E-state index is -0.218. The molecule has 5 heteroatoms. The first-order chi connectivity index (χ1) is 12.0. The highest BCUT2D eigenvalue weighted by atomic mass is 16.3. The van der Waals surface area contributed by atoms with Crippen molar-refractivity contribution in [2.45, 2.75) is 38.3 Å². The van der Waals surface area contributed by atoms with Gasteiger partial charge in [0.2, 0.25) is 5.91 Å². The Hall–Kier alpha value is -1.85. The number of aliphatic hydroxyl groups is 1. The number of furan rings is 1. The van der Waals surface area contributed by atoms with Gasteiger partial charge in [-0.2, -0.15) is 0 Å². The maximum absolute atomic E-state index is 12.6. The molecule has 0 saturated heterocycles. The van der Waals surface area contributed by atoms with E-state index in [0.29, 0.717) is 6.54 Å². The molecule has 3 unspecified atom stereocenters. The number of likely N-dealkylation sites (N-methyl/N-ethyl adjacent to an activating group) is 2. The lowest BCUT2D eigenvalue weighted by Crippen LogP contribution is -2.40. The first kappa shape index (κ1) is 18.0. The van der Waals surface area contributed by atoms with Crippen molar-refractivity contribution >= 4 is 16.9 Å². The molecule has 1 heterocycles. The van der Waals surface area contributed by atoms with Crippen LogP contribution in [0.3, 0.4) is 0 Å². The Labute approximate surface area is 149 Å². The van der Waals surface area contributed by atoms with Crippen LogP contribution in [0.2, 0.25) is 0 Å². The third-order valence-electron chi connectivity index (χ3n) is 5.40. The molecular weight excluding hydrogens is 316 g/mol. The fourth-order valence-electron chi connectivity index (χ4n) is 3.65. The smallest absolute Gasteiger partial charge is 0.237 e. The summed E-state index contributed by atoms with van der Waals surface area (Å²) in [6, 6.07) is 9.76. The van der Waals surface area contributed by atoms with E-state index < -0.39 is 0 Å². The lowest BCUT2D eigenvalue weighted by Gasteiger charge is -2.27. The van der Waals surface area contributed by atoms with Crippen molar-refractivity contribution in [3.63, 3.8) is 0 Å². The molecule has 136 valence electrons. The Morgan fingerprint density at radius 2 is 2.08 bits per heavy atom. The van der Waals surface area contributed by atoms with Crippen molar-refractivity contribution in [1.29, 1.82) is 0 Å². The number of amides is 1. The zero-order valence-corrected chi connectivity index (χ0v) is 15.3. The van der Waals surface area contributed by atoms with E-state index in [1.807, 2.05) is 56.3 Å². The average molecular weight is 344 g/mol. The maximum atomic E-state index is 12.6. The molecule has 0 spiro atoms. The summed E-state index contributed by atoms with van der Waals surface area (Å²) in [6.07, 6.45) is 2.79. The Balaban J connectivity index is 1.59. The summed E-state index contributed by atoms with van der Waals surface area (Å²) in [4.78, 5) is 16.4. The molecule has 3 atom stereocenters. The van der Waals surface area contributed by atoms with E-state index in [1.54, 1.807) is 4.90 Å². The van der Waals surface area contributed by atoms with E-state index >= 15 is 0 Å². The van der Waals surface area contributed by atoms with Crippen molar-refractivity contribution < 1.29 is 14.3 Å². The van der Waals surface area contributed by atoms with Gasteiger partial charge in [-0.1, -0.05) is 24.6 Å². The summed E-state index contributed by atoms with van der Waals surface area (Å²) in [5.41, 5.74) is 0.845. The van der Waals surface area contributed by atoms with E-state index in [9.17, 15) is 9.90 Å². The quantitative estimate of drug-likeness (QED) is 0.875. The van der Waals surface area contributed by atoms with E-state index in [4.69, 9.17) is 4.42 Å².